The number of amides is 2. The van der Waals surface area contributed by atoms with E-state index >= 15 is 0 Å². The number of rotatable bonds is 6. The van der Waals surface area contributed by atoms with Crippen LogP contribution in [0.1, 0.15) is 32.0 Å². The molecule has 0 saturated carbocycles. The Balaban J connectivity index is 1.61. The van der Waals surface area contributed by atoms with Gasteiger partial charge < -0.3 is 10.6 Å². The highest BCUT2D eigenvalue weighted by atomic mass is 16.2. The number of carbonyl (C=O) groups excluding carboxylic acids is 2. The summed E-state index contributed by atoms with van der Waals surface area (Å²) >= 11 is 0. The normalized spacial score (nSPS) is 10.3. The van der Waals surface area contributed by atoms with Crippen LogP contribution in [0.25, 0.3) is 0 Å². The van der Waals surface area contributed by atoms with E-state index in [9.17, 15) is 9.59 Å². The maximum Gasteiger partial charge on any atom is 0.269 e. The first-order chi connectivity index (χ1) is 13.1. The maximum atomic E-state index is 12.5. The summed E-state index contributed by atoms with van der Waals surface area (Å²) in [7, 11) is 0. The largest absolute Gasteiger partial charge is 0.350 e. The third-order valence-corrected chi connectivity index (χ3v) is 4.19. The molecule has 2 aromatic carbocycles. The van der Waals surface area contributed by atoms with Crippen LogP contribution in [0.5, 0.6) is 0 Å². The molecule has 5 heteroatoms. The summed E-state index contributed by atoms with van der Waals surface area (Å²) in [5.41, 5.74) is 3.48. The number of aryl methyl sites for hydroxylation is 1. The number of nitrogens with zero attached hydrogens (tertiary/aromatic N) is 1. The van der Waals surface area contributed by atoms with E-state index in [0.29, 0.717) is 12.1 Å². The molecule has 2 amide bonds. The number of aromatic nitrogens is 1. The van der Waals surface area contributed by atoms with Crippen molar-refractivity contribution in [3.8, 4) is 0 Å². The first-order valence-electron chi connectivity index (χ1n) is 8.78. The zero-order chi connectivity index (χ0) is 19.1. The molecule has 2 N–H and O–H groups in total. The van der Waals surface area contributed by atoms with Gasteiger partial charge in [-0.1, -0.05) is 48.5 Å². The second-order valence-corrected chi connectivity index (χ2v) is 6.19. The van der Waals surface area contributed by atoms with Crippen LogP contribution in [0.2, 0.25) is 0 Å². The molecule has 27 heavy (non-hydrogen) atoms. The van der Waals surface area contributed by atoms with Crippen molar-refractivity contribution in [3.63, 3.8) is 0 Å². The van der Waals surface area contributed by atoms with Gasteiger partial charge in [-0.2, -0.15) is 0 Å². The zero-order valence-electron chi connectivity index (χ0n) is 15.1. The van der Waals surface area contributed by atoms with Crippen molar-refractivity contribution < 1.29 is 9.59 Å². The Hall–Kier alpha value is -3.47. The predicted molar refractivity (Wildman–Crippen MR) is 106 cm³/mol. The molecule has 0 spiro atoms. The minimum absolute atomic E-state index is 0.223. The lowest BCUT2D eigenvalue weighted by Gasteiger charge is -2.09. The van der Waals surface area contributed by atoms with E-state index in [1.54, 1.807) is 6.07 Å². The van der Waals surface area contributed by atoms with Gasteiger partial charge in [0.15, 0.2) is 0 Å². The number of nitrogens with one attached hydrogen (secondary N) is 2. The van der Waals surface area contributed by atoms with Crippen LogP contribution >= 0.6 is 0 Å². The zero-order valence-corrected chi connectivity index (χ0v) is 15.1. The molecule has 1 aromatic heterocycles. The van der Waals surface area contributed by atoms with Crippen molar-refractivity contribution in [2.24, 2.45) is 0 Å². The van der Waals surface area contributed by atoms with Crippen molar-refractivity contribution in [3.05, 3.63) is 95.3 Å². The van der Waals surface area contributed by atoms with Crippen molar-refractivity contribution in [2.45, 2.75) is 13.3 Å². The molecule has 0 unspecified atom stereocenters. The first kappa shape index (κ1) is 18.3. The molecule has 3 rings (SSSR count). The molecule has 0 aliphatic rings. The maximum absolute atomic E-state index is 12.5. The minimum atomic E-state index is -0.295. The molecule has 0 aliphatic carbocycles. The van der Waals surface area contributed by atoms with Crippen LogP contribution in [0, 0.1) is 6.92 Å². The molecule has 0 aliphatic heterocycles. The van der Waals surface area contributed by atoms with E-state index in [2.05, 4.69) is 15.6 Å². The Morgan fingerprint density at radius 1 is 0.926 bits per heavy atom. The predicted octanol–water partition coefficient (Wildman–Crippen LogP) is 3.61. The standard InChI is InChI=1S/C22H21N3O2/c1-16-7-5-6-10-19(16)25-21(26)18-12-14-23-20(15-18)22(27)24-13-11-17-8-3-2-4-9-17/h2-10,12,14-15H,11,13H2,1H3,(H,24,27)(H,25,26). The fraction of sp³-hybridized carbons (Fsp3) is 0.136. The Morgan fingerprint density at radius 2 is 1.67 bits per heavy atom. The Kier molecular flexibility index (Phi) is 5.94. The van der Waals surface area contributed by atoms with Crippen LogP contribution in [-0.4, -0.2) is 23.3 Å². The average Bonchev–Trinajstić information content (AvgIpc) is 2.70. The Bertz CT molecular complexity index is 939. The summed E-state index contributed by atoms with van der Waals surface area (Å²) in [5, 5.41) is 5.70. The summed E-state index contributed by atoms with van der Waals surface area (Å²) < 4.78 is 0. The second-order valence-electron chi connectivity index (χ2n) is 6.19. The average molecular weight is 359 g/mol. The Morgan fingerprint density at radius 3 is 2.44 bits per heavy atom. The van der Waals surface area contributed by atoms with Crippen LogP contribution in [0.4, 0.5) is 5.69 Å². The van der Waals surface area contributed by atoms with Gasteiger partial charge in [-0.05, 0) is 42.7 Å². The smallest absolute Gasteiger partial charge is 0.269 e. The van der Waals surface area contributed by atoms with Crippen LogP contribution in [0.15, 0.2) is 72.9 Å². The topological polar surface area (TPSA) is 71.1 Å². The SMILES string of the molecule is Cc1ccccc1NC(=O)c1ccnc(C(=O)NCCc2ccccc2)c1. The molecular weight excluding hydrogens is 338 g/mol. The fourth-order valence-electron chi connectivity index (χ4n) is 2.66. The van der Waals surface area contributed by atoms with Gasteiger partial charge >= 0.3 is 0 Å². The van der Waals surface area contributed by atoms with Gasteiger partial charge in [0, 0.05) is 24.0 Å². The van der Waals surface area contributed by atoms with Crippen molar-refractivity contribution in [1.82, 2.24) is 10.3 Å². The molecule has 5 nitrogen and oxygen atoms in total. The molecule has 136 valence electrons. The number of para-hydroxylation sites is 1. The summed E-state index contributed by atoms with van der Waals surface area (Å²) in [5.74, 6) is -0.568. The van der Waals surface area contributed by atoms with E-state index in [-0.39, 0.29) is 17.5 Å². The van der Waals surface area contributed by atoms with Crippen molar-refractivity contribution in [2.75, 3.05) is 11.9 Å². The quantitative estimate of drug-likeness (QED) is 0.706. The molecular formula is C22H21N3O2. The van der Waals surface area contributed by atoms with Gasteiger partial charge in [0.05, 0.1) is 0 Å². The summed E-state index contributed by atoms with van der Waals surface area (Å²) in [4.78, 5) is 28.9. The summed E-state index contributed by atoms with van der Waals surface area (Å²) in [6.07, 6.45) is 2.21. The lowest BCUT2D eigenvalue weighted by molar-refractivity contribution is 0.0949. The van der Waals surface area contributed by atoms with Gasteiger partial charge in [0.1, 0.15) is 5.69 Å². The molecule has 0 fully saturated rings. The number of pyridine rings is 1. The molecule has 0 atom stereocenters. The Labute approximate surface area is 158 Å². The first-order valence-corrected chi connectivity index (χ1v) is 8.78. The molecule has 0 bridgehead atoms. The highest BCUT2D eigenvalue weighted by Crippen LogP contribution is 2.15. The van der Waals surface area contributed by atoms with Gasteiger partial charge in [-0.15, -0.1) is 0 Å². The summed E-state index contributed by atoms with van der Waals surface area (Å²) in [6, 6.07) is 20.6. The number of carbonyl (C=O) groups is 2. The van der Waals surface area contributed by atoms with Crippen molar-refractivity contribution in [1.29, 1.82) is 0 Å². The second kappa shape index (κ2) is 8.76. The number of hydrogen-bond donors (Lipinski definition) is 2. The fourth-order valence-corrected chi connectivity index (χ4v) is 2.66. The monoisotopic (exact) mass is 359 g/mol. The van der Waals surface area contributed by atoms with Gasteiger partial charge in [0.25, 0.3) is 11.8 Å². The van der Waals surface area contributed by atoms with Gasteiger partial charge in [-0.3, -0.25) is 14.6 Å². The van der Waals surface area contributed by atoms with Crippen LogP contribution in [-0.2, 0) is 6.42 Å². The lowest BCUT2D eigenvalue weighted by atomic mass is 10.1. The highest BCUT2D eigenvalue weighted by Gasteiger charge is 2.12. The molecule has 0 saturated heterocycles. The van der Waals surface area contributed by atoms with Gasteiger partial charge in [-0.25, -0.2) is 0 Å². The van der Waals surface area contributed by atoms with Crippen LogP contribution in [0.3, 0.4) is 0 Å². The lowest BCUT2D eigenvalue weighted by Crippen LogP contribution is -2.27. The van der Waals surface area contributed by atoms with E-state index in [1.807, 2.05) is 61.5 Å². The van der Waals surface area contributed by atoms with E-state index in [4.69, 9.17) is 0 Å². The highest BCUT2D eigenvalue weighted by molar-refractivity contribution is 6.06. The van der Waals surface area contributed by atoms with Gasteiger partial charge in [0.2, 0.25) is 0 Å². The number of anilines is 1. The third-order valence-electron chi connectivity index (χ3n) is 4.19. The number of hydrogen-bond acceptors (Lipinski definition) is 3. The molecule has 3 aromatic rings. The van der Waals surface area contributed by atoms with Crippen LogP contribution < -0.4 is 10.6 Å². The van der Waals surface area contributed by atoms with E-state index < -0.39 is 0 Å². The molecule has 0 radical (unpaired) electrons. The van der Waals surface area contributed by atoms with E-state index in [1.165, 1.54) is 12.3 Å². The number of benzene rings is 2. The minimum Gasteiger partial charge on any atom is -0.350 e. The van der Waals surface area contributed by atoms with E-state index in [0.717, 1.165) is 23.2 Å². The molecule has 1 heterocycles. The van der Waals surface area contributed by atoms with Crippen molar-refractivity contribution >= 4 is 17.5 Å². The third kappa shape index (κ3) is 5.01. The summed E-state index contributed by atoms with van der Waals surface area (Å²) in [6.45, 7) is 2.43.